The summed E-state index contributed by atoms with van der Waals surface area (Å²) < 4.78 is 2.25. The number of nitrogens with two attached hydrogens (primary N) is 1. The fraction of sp³-hybridized carbons (Fsp3) is 0.357. The summed E-state index contributed by atoms with van der Waals surface area (Å²) in [5.41, 5.74) is 5.74. The number of imidazole rings is 1. The number of nitrogens with zero attached hydrogens (tertiary/aromatic N) is 4. The molecule has 2 aromatic heterocycles. The van der Waals surface area contributed by atoms with Gasteiger partial charge in [0.2, 0.25) is 0 Å². The van der Waals surface area contributed by atoms with E-state index in [0.29, 0.717) is 6.42 Å². The molecule has 0 saturated carbocycles. The van der Waals surface area contributed by atoms with Crippen molar-refractivity contribution in [3.63, 3.8) is 0 Å². The van der Waals surface area contributed by atoms with Crippen molar-refractivity contribution in [3.8, 4) is 0 Å². The van der Waals surface area contributed by atoms with Crippen LogP contribution in [0, 0.1) is 0 Å². The maximum atomic E-state index is 5.66. The number of hydrogen-bond donors (Lipinski definition) is 3. The Hall–Kier alpha value is -2.25. The van der Waals surface area contributed by atoms with Crippen molar-refractivity contribution in [1.29, 1.82) is 0 Å². The molecule has 7 nitrogen and oxygen atoms in total. The lowest BCUT2D eigenvalue weighted by Crippen LogP contribution is -2.30. The van der Waals surface area contributed by atoms with E-state index in [1.807, 2.05) is 18.2 Å². The Bertz CT molecular complexity index is 701. The smallest absolute Gasteiger partial charge is 0.111 e. The van der Waals surface area contributed by atoms with Gasteiger partial charge in [-0.15, -0.1) is 0 Å². The standard InChI is InChI=1S/C14H19N7/c1-2-7-21-13-6-4-3-5-10(13)17-14(21)8-11(18-15)12-9-16-20-19-12/h3-6,9,11,18H,2,7-8,15H2,1H3,(H,16,19,20). The van der Waals surface area contributed by atoms with Crippen molar-refractivity contribution in [3.05, 3.63) is 42.0 Å². The normalized spacial score (nSPS) is 12.9. The molecule has 0 aliphatic heterocycles. The first-order valence-electron chi connectivity index (χ1n) is 7.09. The second-order valence-electron chi connectivity index (χ2n) is 4.99. The maximum absolute atomic E-state index is 5.66. The van der Waals surface area contributed by atoms with Gasteiger partial charge in [0.1, 0.15) is 11.5 Å². The van der Waals surface area contributed by atoms with Crippen LogP contribution < -0.4 is 11.3 Å². The van der Waals surface area contributed by atoms with Gasteiger partial charge < -0.3 is 4.57 Å². The molecule has 110 valence electrons. The third-order valence-corrected chi connectivity index (χ3v) is 3.56. The van der Waals surface area contributed by atoms with Crippen molar-refractivity contribution in [2.45, 2.75) is 32.4 Å². The number of aromatic nitrogens is 5. The third-order valence-electron chi connectivity index (χ3n) is 3.56. The molecule has 0 aliphatic carbocycles. The molecule has 3 aromatic rings. The first-order valence-corrected chi connectivity index (χ1v) is 7.09. The summed E-state index contributed by atoms with van der Waals surface area (Å²) in [6.45, 7) is 3.10. The number of nitrogens with one attached hydrogen (secondary N) is 2. The zero-order chi connectivity index (χ0) is 14.7. The molecule has 7 heteroatoms. The molecule has 0 fully saturated rings. The van der Waals surface area contributed by atoms with Crippen molar-refractivity contribution in [2.75, 3.05) is 0 Å². The number of H-pyrrole nitrogens is 1. The summed E-state index contributed by atoms with van der Waals surface area (Å²) >= 11 is 0. The number of benzene rings is 1. The van der Waals surface area contributed by atoms with E-state index in [9.17, 15) is 0 Å². The highest BCUT2D eigenvalue weighted by Crippen LogP contribution is 2.21. The number of para-hydroxylation sites is 2. The van der Waals surface area contributed by atoms with E-state index >= 15 is 0 Å². The van der Waals surface area contributed by atoms with Gasteiger partial charge in [-0.05, 0) is 18.6 Å². The summed E-state index contributed by atoms with van der Waals surface area (Å²) in [7, 11) is 0. The quantitative estimate of drug-likeness (QED) is 0.468. The summed E-state index contributed by atoms with van der Waals surface area (Å²) in [6.07, 6.45) is 3.40. The summed E-state index contributed by atoms with van der Waals surface area (Å²) in [4.78, 5) is 4.74. The van der Waals surface area contributed by atoms with Crippen LogP contribution in [0.25, 0.3) is 11.0 Å². The summed E-state index contributed by atoms with van der Waals surface area (Å²) in [6, 6.07) is 8.06. The van der Waals surface area contributed by atoms with Crippen LogP contribution in [0.15, 0.2) is 30.5 Å². The number of hydrogen-bond acceptors (Lipinski definition) is 5. The molecule has 1 atom stereocenters. The molecule has 4 N–H and O–H groups in total. The maximum Gasteiger partial charge on any atom is 0.111 e. The van der Waals surface area contributed by atoms with Crippen LogP contribution in [0.3, 0.4) is 0 Å². The lowest BCUT2D eigenvalue weighted by Gasteiger charge is -2.14. The average molecular weight is 285 g/mol. The predicted molar refractivity (Wildman–Crippen MR) is 80.2 cm³/mol. The van der Waals surface area contributed by atoms with E-state index in [4.69, 9.17) is 10.8 Å². The van der Waals surface area contributed by atoms with Gasteiger partial charge in [0, 0.05) is 13.0 Å². The van der Waals surface area contributed by atoms with E-state index in [0.717, 1.165) is 35.5 Å². The van der Waals surface area contributed by atoms with E-state index in [1.165, 1.54) is 0 Å². The van der Waals surface area contributed by atoms with Gasteiger partial charge in [0.05, 0.1) is 23.3 Å². The van der Waals surface area contributed by atoms with E-state index < -0.39 is 0 Å². The molecule has 1 aromatic carbocycles. The molecular formula is C14H19N7. The van der Waals surface area contributed by atoms with Crippen LogP contribution in [-0.2, 0) is 13.0 Å². The van der Waals surface area contributed by atoms with Gasteiger partial charge in [0.15, 0.2) is 0 Å². The Morgan fingerprint density at radius 2 is 2.24 bits per heavy atom. The molecule has 0 spiro atoms. The molecule has 3 rings (SSSR count). The Labute approximate surface area is 122 Å². The van der Waals surface area contributed by atoms with Crippen LogP contribution >= 0.6 is 0 Å². The van der Waals surface area contributed by atoms with Gasteiger partial charge in [-0.2, -0.15) is 15.4 Å². The minimum atomic E-state index is -0.115. The van der Waals surface area contributed by atoms with Gasteiger partial charge in [-0.3, -0.25) is 11.3 Å². The molecule has 0 radical (unpaired) electrons. The Morgan fingerprint density at radius 3 is 2.95 bits per heavy atom. The van der Waals surface area contributed by atoms with Crippen LogP contribution in [0.2, 0.25) is 0 Å². The minimum absolute atomic E-state index is 0.115. The van der Waals surface area contributed by atoms with Crippen molar-refractivity contribution in [1.82, 2.24) is 30.4 Å². The highest BCUT2D eigenvalue weighted by atomic mass is 15.3. The number of hydrazine groups is 1. The van der Waals surface area contributed by atoms with Crippen molar-refractivity contribution in [2.24, 2.45) is 5.84 Å². The zero-order valence-electron chi connectivity index (χ0n) is 12.0. The second-order valence-corrected chi connectivity index (χ2v) is 4.99. The first kappa shape index (κ1) is 13.7. The van der Waals surface area contributed by atoms with Crippen molar-refractivity contribution >= 4 is 11.0 Å². The monoisotopic (exact) mass is 285 g/mol. The topological polar surface area (TPSA) is 97.4 Å². The van der Waals surface area contributed by atoms with Crippen LogP contribution in [0.1, 0.15) is 30.9 Å². The number of aryl methyl sites for hydroxylation is 1. The third kappa shape index (κ3) is 2.65. The average Bonchev–Trinajstić information content (AvgIpc) is 3.14. The molecule has 0 aliphatic rings. The fourth-order valence-corrected chi connectivity index (χ4v) is 2.56. The van der Waals surface area contributed by atoms with Gasteiger partial charge >= 0.3 is 0 Å². The van der Waals surface area contributed by atoms with E-state index in [1.54, 1.807) is 6.20 Å². The van der Waals surface area contributed by atoms with E-state index in [2.05, 4.69) is 38.4 Å². The molecular weight excluding hydrogens is 266 g/mol. The van der Waals surface area contributed by atoms with E-state index in [-0.39, 0.29) is 6.04 Å². The molecule has 0 amide bonds. The number of aromatic amines is 1. The lowest BCUT2D eigenvalue weighted by atomic mass is 10.1. The highest BCUT2D eigenvalue weighted by molar-refractivity contribution is 5.75. The largest absolute Gasteiger partial charge is 0.328 e. The Balaban J connectivity index is 1.97. The molecule has 21 heavy (non-hydrogen) atoms. The number of rotatable bonds is 6. The highest BCUT2D eigenvalue weighted by Gasteiger charge is 2.18. The molecule has 2 heterocycles. The summed E-state index contributed by atoms with van der Waals surface area (Å²) in [5.74, 6) is 6.67. The SMILES string of the molecule is CCCn1c(CC(NN)c2cn[nH]n2)nc2ccccc21. The molecule has 0 bridgehead atoms. The summed E-state index contributed by atoms with van der Waals surface area (Å²) in [5, 5.41) is 10.5. The van der Waals surface area contributed by atoms with Crippen molar-refractivity contribution < 1.29 is 0 Å². The van der Waals surface area contributed by atoms with Gasteiger partial charge in [0.25, 0.3) is 0 Å². The Morgan fingerprint density at radius 1 is 1.38 bits per heavy atom. The minimum Gasteiger partial charge on any atom is -0.328 e. The molecule has 0 saturated heterocycles. The molecule has 1 unspecified atom stereocenters. The van der Waals surface area contributed by atoms with Crippen LogP contribution in [-0.4, -0.2) is 25.0 Å². The first-order chi connectivity index (χ1) is 10.3. The van der Waals surface area contributed by atoms with Crippen LogP contribution in [0.5, 0.6) is 0 Å². The second kappa shape index (κ2) is 6.02. The van der Waals surface area contributed by atoms with Gasteiger partial charge in [-0.1, -0.05) is 19.1 Å². The lowest BCUT2D eigenvalue weighted by molar-refractivity contribution is 0.509. The predicted octanol–water partition coefficient (Wildman–Crippen LogP) is 1.31. The Kier molecular flexibility index (Phi) is 3.94. The zero-order valence-corrected chi connectivity index (χ0v) is 12.0. The van der Waals surface area contributed by atoms with Gasteiger partial charge in [-0.25, -0.2) is 4.98 Å². The van der Waals surface area contributed by atoms with Crippen LogP contribution in [0.4, 0.5) is 0 Å². The number of fused-ring (bicyclic) bond motifs is 1. The fourth-order valence-electron chi connectivity index (χ4n) is 2.56.